The lowest BCUT2D eigenvalue weighted by atomic mass is 9.82. The van der Waals surface area contributed by atoms with E-state index < -0.39 is 10.8 Å². The highest BCUT2D eigenvalue weighted by Crippen LogP contribution is 2.28. The Kier molecular flexibility index (Phi) is 5.29. The van der Waals surface area contributed by atoms with Gasteiger partial charge >= 0.3 is 5.69 Å². The van der Waals surface area contributed by atoms with E-state index in [1.54, 1.807) is 19.2 Å². The second-order valence-corrected chi connectivity index (χ2v) is 6.19. The van der Waals surface area contributed by atoms with Crippen LogP contribution in [0.4, 0.5) is 11.4 Å². The number of hydrogen-bond acceptors (Lipinski definition) is 4. The maximum Gasteiger partial charge on any atom is 0.305 e. The van der Waals surface area contributed by atoms with Crippen molar-refractivity contribution in [1.82, 2.24) is 5.32 Å². The fourth-order valence-corrected chi connectivity index (χ4v) is 1.77. The number of hydrogen-bond donors (Lipinski definition) is 2. The van der Waals surface area contributed by atoms with Crippen molar-refractivity contribution in [2.24, 2.45) is 11.3 Å². The summed E-state index contributed by atoms with van der Waals surface area (Å²) in [6, 6.07) is 4.67. The fraction of sp³-hybridized carbons (Fsp3) is 0.533. The summed E-state index contributed by atoms with van der Waals surface area (Å²) in [5.41, 5.74) is 0.275. The molecule has 0 radical (unpaired) electrons. The average molecular weight is 293 g/mol. The van der Waals surface area contributed by atoms with Gasteiger partial charge in [-0.3, -0.25) is 14.9 Å². The first kappa shape index (κ1) is 16.9. The maximum atomic E-state index is 12.2. The van der Waals surface area contributed by atoms with Gasteiger partial charge in [0, 0.05) is 13.6 Å². The summed E-state index contributed by atoms with van der Waals surface area (Å²) in [7, 11) is 1.59. The van der Waals surface area contributed by atoms with E-state index in [4.69, 9.17) is 0 Å². The van der Waals surface area contributed by atoms with Gasteiger partial charge in [-0.25, -0.2) is 0 Å². The van der Waals surface area contributed by atoms with Crippen LogP contribution in [-0.2, 0) is 0 Å². The number of rotatable bonds is 5. The average Bonchev–Trinajstić information content (AvgIpc) is 2.42. The molecule has 1 atom stereocenters. The molecular weight excluding hydrogens is 270 g/mol. The van der Waals surface area contributed by atoms with Crippen LogP contribution in [0, 0.1) is 21.4 Å². The third-order valence-electron chi connectivity index (χ3n) is 3.78. The van der Waals surface area contributed by atoms with Crippen LogP contribution in [0.3, 0.4) is 0 Å². The highest BCUT2D eigenvalue weighted by Gasteiger charge is 2.25. The van der Waals surface area contributed by atoms with Crippen molar-refractivity contribution in [3.05, 3.63) is 33.9 Å². The van der Waals surface area contributed by atoms with E-state index >= 15 is 0 Å². The molecule has 1 unspecified atom stereocenters. The highest BCUT2D eigenvalue weighted by molar-refractivity contribution is 6.00. The number of nitro groups is 1. The molecule has 0 aromatic heterocycles. The molecule has 0 saturated carbocycles. The fourth-order valence-electron chi connectivity index (χ4n) is 1.77. The summed E-state index contributed by atoms with van der Waals surface area (Å²) in [4.78, 5) is 22.9. The lowest BCUT2D eigenvalue weighted by molar-refractivity contribution is -0.384. The van der Waals surface area contributed by atoms with Gasteiger partial charge in [-0.15, -0.1) is 0 Å². The standard InChI is InChI=1S/C15H23N3O3/c1-10(15(2,3)4)9-17-14(19)11-7-6-8-12(16-5)13(11)18(20)21/h6-8,10,16H,9H2,1-5H3,(H,17,19). The molecule has 0 aliphatic carbocycles. The van der Waals surface area contributed by atoms with Crippen LogP contribution in [0.5, 0.6) is 0 Å². The summed E-state index contributed by atoms with van der Waals surface area (Å²) in [5.74, 6) is -0.164. The molecule has 116 valence electrons. The molecule has 1 aromatic carbocycles. The van der Waals surface area contributed by atoms with Gasteiger partial charge in [0.2, 0.25) is 0 Å². The molecule has 1 amide bonds. The Morgan fingerprint density at radius 3 is 2.48 bits per heavy atom. The SMILES string of the molecule is CNc1cccc(C(=O)NCC(C)C(C)(C)C)c1[N+](=O)[O-]. The van der Waals surface area contributed by atoms with Gasteiger partial charge in [-0.05, 0) is 23.5 Å². The number of para-hydroxylation sites is 1. The van der Waals surface area contributed by atoms with Gasteiger partial charge in [-0.2, -0.15) is 0 Å². The molecule has 0 fully saturated rings. The molecule has 1 aromatic rings. The number of benzene rings is 1. The number of carbonyl (C=O) groups is 1. The zero-order valence-corrected chi connectivity index (χ0v) is 13.2. The second-order valence-electron chi connectivity index (χ2n) is 6.19. The van der Waals surface area contributed by atoms with Crippen molar-refractivity contribution >= 4 is 17.3 Å². The molecule has 2 N–H and O–H groups in total. The van der Waals surface area contributed by atoms with Gasteiger partial charge in [0.25, 0.3) is 5.91 Å². The predicted molar refractivity (Wildman–Crippen MR) is 83.6 cm³/mol. The molecule has 0 spiro atoms. The third-order valence-corrected chi connectivity index (χ3v) is 3.78. The normalized spacial score (nSPS) is 12.6. The van der Waals surface area contributed by atoms with Crippen LogP contribution in [0.15, 0.2) is 18.2 Å². The Hall–Kier alpha value is -2.11. The summed E-state index contributed by atoms with van der Waals surface area (Å²) in [6.07, 6.45) is 0. The largest absolute Gasteiger partial charge is 0.383 e. The Balaban J connectivity index is 2.96. The van der Waals surface area contributed by atoms with E-state index in [1.165, 1.54) is 6.07 Å². The van der Waals surface area contributed by atoms with Crippen LogP contribution >= 0.6 is 0 Å². The number of nitrogens with one attached hydrogen (secondary N) is 2. The van der Waals surface area contributed by atoms with Crippen molar-refractivity contribution in [3.63, 3.8) is 0 Å². The van der Waals surface area contributed by atoms with Gasteiger partial charge in [0.05, 0.1) is 4.92 Å². The van der Waals surface area contributed by atoms with Crippen molar-refractivity contribution in [2.45, 2.75) is 27.7 Å². The molecule has 21 heavy (non-hydrogen) atoms. The lowest BCUT2D eigenvalue weighted by Gasteiger charge is -2.27. The summed E-state index contributed by atoms with van der Waals surface area (Å²) in [6.45, 7) is 8.79. The second kappa shape index (κ2) is 6.56. The minimum Gasteiger partial charge on any atom is -0.383 e. The minimum atomic E-state index is -0.534. The predicted octanol–water partition coefficient (Wildman–Crippen LogP) is 3.05. The first-order valence-electron chi connectivity index (χ1n) is 6.91. The van der Waals surface area contributed by atoms with Crippen molar-refractivity contribution in [1.29, 1.82) is 0 Å². The highest BCUT2D eigenvalue weighted by atomic mass is 16.6. The molecule has 0 bridgehead atoms. The first-order valence-corrected chi connectivity index (χ1v) is 6.91. The number of amides is 1. The monoisotopic (exact) mass is 293 g/mol. The first-order chi connectivity index (χ1) is 9.68. The van der Waals surface area contributed by atoms with E-state index in [0.29, 0.717) is 12.2 Å². The number of nitrogens with zero attached hydrogens (tertiary/aromatic N) is 1. The summed E-state index contributed by atoms with van der Waals surface area (Å²) in [5, 5.41) is 16.7. The molecule has 0 aliphatic heterocycles. The van der Waals surface area contributed by atoms with Crippen molar-refractivity contribution in [2.75, 3.05) is 18.9 Å². The van der Waals surface area contributed by atoms with E-state index in [9.17, 15) is 14.9 Å². The zero-order valence-electron chi connectivity index (χ0n) is 13.2. The van der Waals surface area contributed by atoms with E-state index in [1.807, 2.05) is 6.92 Å². The summed E-state index contributed by atoms with van der Waals surface area (Å²) >= 11 is 0. The smallest absolute Gasteiger partial charge is 0.305 e. The van der Waals surface area contributed by atoms with Crippen LogP contribution in [0.2, 0.25) is 0 Å². The van der Waals surface area contributed by atoms with Crippen LogP contribution in [-0.4, -0.2) is 24.4 Å². The quantitative estimate of drug-likeness (QED) is 0.645. The Morgan fingerprint density at radius 1 is 1.38 bits per heavy atom. The molecule has 0 saturated heterocycles. The van der Waals surface area contributed by atoms with E-state index in [0.717, 1.165) is 0 Å². The van der Waals surface area contributed by atoms with Crippen LogP contribution < -0.4 is 10.6 Å². The van der Waals surface area contributed by atoms with Crippen molar-refractivity contribution in [3.8, 4) is 0 Å². The van der Waals surface area contributed by atoms with Gasteiger partial charge in [-0.1, -0.05) is 33.8 Å². The number of carbonyl (C=O) groups excluding carboxylic acids is 1. The summed E-state index contributed by atoms with van der Waals surface area (Å²) < 4.78 is 0. The number of anilines is 1. The number of nitro benzene ring substituents is 1. The van der Waals surface area contributed by atoms with Crippen molar-refractivity contribution < 1.29 is 9.72 Å². The third kappa shape index (κ3) is 4.18. The lowest BCUT2D eigenvalue weighted by Crippen LogP contribution is -2.34. The molecule has 0 aliphatic rings. The molecular formula is C15H23N3O3. The molecule has 6 heteroatoms. The van der Waals surface area contributed by atoms with Gasteiger partial charge in [0.15, 0.2) is 0 Å². The Bertz CT molecular complexity index is 535. The Labute approximate surface area is 125 Å². The molecule has 0 heterocycles. The van der Waals surface area contributed by atoms with Gasteiger partial charge in [0.1, 0.15) is 11.3 Å². The minimum absolute atomic E-state index is 0.0615. The van der Waals surface area contributed by atoms with E-state index in [2.05, 4.69) is 31.4 Å². The van der Waals surface area contributed by atoms with Crippen LogP contribution in [0.1, 0.15) is 38.1 Å². The maximum absolute atomic E-state index is 12.2. The van der Waals surface area contributed by atoms with E-state index in [-0.39, 0.29) is 22.6 Å². The molecule has 6 nitrogen and oxygen atoms in total. The van der Waals surface area contributed by atoms with Crippen LogP contribution in [0.25, 0.3) is 0 Å². The zero-order chi connectivity index (χ0) is 16.2. The Morgan fingerprint density at radius 2 is 2.00 bits per heavy atom. The van der Waals surface area contributed by atoms with Gasteiger partial charge < -0.3 is 10.6 Å². The molecule has 1 rings (SSSR count). The topological polar surface area (TPSA) is 84.3 Å².